The predicted molar refractivity (Wildman–Crippen MR) is 93.2 cm³/mol. The number of nitrogens with one attached hydrogen (secondary N) is 1. The number of rotatable bonds is 5. The topological polar surface area (TPSA) is 66.5 Å². The van der Waals surface area contributed by atoms with Crippen LogP contribution < -0.4 is 9.62 Å². The first-order valence-corrected chi connectivity index (χ1v) is 9.01. The smallest absolute Gasteiger partial charge is 0.245 e. The average molecular weight is 332 g/mol. The van der Waals surface area contributed by atoms with Gasteiger partial charge in [0.05, 0.1) is 11.9 Å². The Hall–Kier alpha value is -2.34. The van der Waals surface area contributed by atoms with Gasteiger partial charge < -0.3 is 5.32 Å². The second-order valence-corrected chi connectivity index (χ2v) is 7.43. The van der Waals surface area contributed by atoms with Crippen molar-refractivity contribution in [2.75, 3.05) is 22.4 Å². The van der Waals surface area contributed by atoms with Crippen molar-refractivity contribution in [3.63, 3.8) is 0 Å². The van der Waals surface area contributed by atoms with Gasteiger partial charge in [-0.2, -0.15) is 0 Å². The summed E-state index contributed by atoms with van der Waals surface area (Å²) in [5.41, 5.74) is 3.13. The molecule has 0 atom stereocenters. The first-order valence-electron chi connectivity index (χ1n) is 7.16. The van der Waals surface area contributed by atoms with E-state index in [4.69, 9.17) is 0 Å². The third-order valence-corrected chi connectivity index (χ3v) is 4.45. The molecule has 0 aliphatic heterocycles. The highest BCUT2D eigenvalue weighted by Crippen LogP contribution is 2.19. The lowest BCUT2D eigenvalue weighted by molar-refractivity contribution is -0.114. The molecule has 0 heterocycles. The molecule has 5 nitrogen and oxygen atoms in total. The van der Waals surface area contributed by atoms with Gasteiger partial charge in [0.1, 0.15) is 6.54 Å². The first kappa shape index (κ1) is 17.0. The van der Waals surface area contributed by atoms with E-state index >= 15 is 0 Å². The highest BCUT2D eigenvalue weighted by Gasteiger charge is 2.20. The zero-order valence-electron chi connectivity index (χ0n) is 13.4. The monoisotopic (exact) mass is 332 g/mol. The van der Waals surface area contributed by atoms with Crippen LogP contribution >= 0.6 is 0 Å². The molecule has 2 aromatic rings. The summed E-state index contributed by atoms with van der Waals surface area (Å²) in [5, 5.41) is 2.71. The molecular formula is C17H20N2O3S. The van der Waals surface area contributed by atoms with Crippen molar-refractivity contribution in [1.82, 2.24) is 0 Å². The molecule has 0 aliphatic rings. The number of benzene rings is 2. The normalized spacial score (nSPS) is 11.1. The van der Waals surface area contributed by atoms with Gasteiger partial charge >= 0.3 is 0 Å². The fourth-order valence-electron chi connectivity index (χ4n) is 2.15. The van der Waals surface area contributed by atoms with Gasteiger partial charge in [-0.15, -0.1) is 0 Å². The molecule has 0 spiro atoms. The fraction of sp³-hybridized carbons (Fsp3) is 0.235. The van der Waals surface area contributed by atoms with Crippen molar-refractivity contribution in [1.29, 1.82) is 0 Å². The van der Waals surface area contributed by atoms with Crippen molar-refractivity contribution in [2.24, 2.45) is 0 Å². The highest BCUT2D eigenvalue weighted by atomic mass is 32.2. The minimum Gasteiger partial charge on any atom is -0.325 e. The lowest BCUT2D eigenvalue weighted by Gasteiger charge is -2.22. The summed E-state index contributed by atoms with van der Waals surface area (Å²) < 4.78 is 25.1. The molecule has 2 aromatic carbocycles. The summed E-state index contributed by atoms with van der Waals surface area (Å²) >= 11 is 0. The van der Waals surface area contributed by atoms with Gasteiger partial charge in [0.25, 0.3) is 0 Å². The van der Waals surface area contributed by atoms with E-state index in [1.165, 1.54) is 0 Å². The van der Waals surface area contributed by atoms with Gasteiger partial charge in [0.2, 0.25) is 15.9 Å². The van der Waals surface area contributed by atoms with Crippen LogP contribution in [0.5, 0.6) is 0 Å². The van der Waals surface area contributed by atoms with E-state index < -0.39 is 10.0 Å². The van der Waals surface area contributed by atoms with Gasteiger partial charge in [0.15, 0.2) is 0 Å². The molecule has 1 N–H and O–H groups in total. The van der Waals surface area contributed by atoms with E-state index in [2.05, 4.69) is 5.32 Å². The summed E-state index contributed by atoms with van der Waals surface area (Å²) in [6.07, 6.45) is 1.09. The van der Waals surface area contributed by atoms with Crippen LogP contribution in [-0.4, -0.2) is 27.1 Å². The minimum absolute atomic E-state index is 0.268. The molecule has 1 amide bonds. The molecule has 0 saturated carbocycles. The Morgan fingerprint density at radius 3 is 2.26 bits per heavy atom. The summed E-state index contributed by atoms with van der Waals surface area (Å²) in [5.74, 6) is -0.388. The molecule has 0 saturated heterocycles. The second kappa shape index (κ2) is 6.83. The van der Waals surface area contributed by atoms with Crippen LogP contribution in [0.2, 0.25) is 0 Å². The number of anilines is 2. The number of amides is 1. The lowest BCUT2D eigenvalue weighted by atomic mass is 10.2. The van der Waals surface area contributed by atoms with E-state index in [9.17, 15) is 13.2 Å². The predicted octanol–water partition coefficient (Wildman–Crippen LogP) is 2.71. The van der Waals surface area contributed by atoms with E-state index in [0.717, 1.165) is 21.7 Å². The SMILES string of the molecule is Cc1ccc(NC(=O)CN(c2cccc(C)c2)S(C)(=O)=O)cc1. The van der Waals surface area contributed by atoms with Crippen LogP contribution in [0.3, 0.4) is 0 Å². The molecule has 23 heavy (non-hydrogen) atoms. The summed E-state index contributed by atoms with van der Waals surface area (Å²) in [6, 6.07) is 14.4. The van der Waals surface area contributed by atoms with Crippen molar-refractivity contribution < 1.29 is 13.2 Å². The Kier molecular flexibility index (Phi) is 5.05. The van der Waals surface area contributed by atoms with Crippen molar-refractivity contribution in [3.05, 3.63) is 59.7 Å². The molecule has 0 aliphatic carbocycles. The zero-order valence-corrected chi connectivity index (χ0v) is 14.2. The molecular weight excluding hydrogens is 312 g/mol. The number of carbonyl (C=O) groups excluding carboxylic acids is 1. The van der Waals surface area contributed by atoms with E-state index in [1.807, 2.05) is 32.0 Å². The molecule has 6 heteroatoms. The van der Waals surface area contributed by atoms with Crippen LogP contribution in [0.4, 0.5) is 11.4 Å². The second-order valence-electron chi connectivity index (χ2n) is 5.52. The Balaban J connectivity index is 2.18. The number of hydrogen-bond acceptors (Lipinski definition) is 3. The highest BCUT2D eigenvalue weighted by molar-refractivity contribution is 7.92. The van der Waals surface area contributed by atoms with Crippen LogP contribution in [0, 0.1) is 13.8 Å². The third kappa shape index (κ3) is 4.82. The number of carbonyl (C=O) groups is 1. The summed E-state index contributed by atoms with van der Waals surface area (Å²) in [6.45, 7) is 3.56. The Morgan fingerprint density at radius 2 is 1.70 bits per heavy atom. The molecule has 0 unspecified atom stereocenters. The third-order valence-electron chi connectivity index (χ3n) is 3.31. The molecule has 0 fully saturated rings. The minimum atomic E-state index is -3.56. The van der Waals surface area contributed by atoms with Crippen LogP contribution in [-0.2, 0) is 14.8 Å². The van der Waals surface area contributed by atoms with Crippen LogP contribution in [0.15, 0.2) is 48.5 Å². The number of hydrogen-bond donors (Lipinski definition) is 1. The fourth-order valence-corrected chi connectivity index (χ4v) is 3.00. The van der Waals surface area contributed by atoms with E-state index in [0.29, 0.717) is 11.4 Å². The van der Waals surface area contributed by atoms with Gasteiger partial charge in [0, 0.05) is 5.69 Å². The largest absolute Gasteiger partial charge is 0.325 e. The standard InChI is InChI=1S/C17H20N2O3S/c1-13-7-9-15(10-8-13)18-17(20)12-19(23(3,21)22)16-6-4-5-14(2)11-16/h4-11H,12H2,1-3H3,(H,18,20). The number of nitrogens with zero attached hydrogens (tertiary/aromatic N) is 1. The number of sulfonamides is 1. The van der Waals surface area contributed by atoms with E-state index in [-0.39, 0.29) is 12.5 Å². The molecule has 0 radical (unpaired) electrons. The quantitative estimate of drug-likeness (QED) is 0.915. The first-order chi connectivity index (χ1) is 10.8. The molecule has 2 rings (SSSR count). The van der Waals surface area contributed by atoms with Crippen molar-refractivity contribution >= 4 is 27.3 Å². The maximum absolute atomic E-state index is 12.2. The maximum atomic E-state index is 12.2. The zero-order chi connectivity index (χ0) is 17.0. The van der Waals surface area contributed by atoms with E-state index in [1.54, 1.807) is 30.3 Å². The van der Waals surface area contributed by atoms with Gasteiger partial charge in [-0.1, -0.05) is 29.8 Å². The Bertz CT molecular complexity index is 799. The Morgan fingerprint density at radius 1 is 1.04 bits per heavy atom. The van der Waals surface area contributed by atoms with Gasteiger partial charge in [-0.05, 0) is 43.7 Å². The summed E-state index contributed by atoms with van der Waals surface area (Å²) in [7, 11) is -3.56. The average Bonchev–Trinajstić information content (AvgIpc) is 2.46. The maximum Gasteiger partial charge on any atom is 0.245 e. The van der Waals surface area contributed by atoms with Crippen molar-refractivity contribution in [3.8, 4) is 0 Å². The lowest BCUT2D eigenvalue weighted by Crippen LogP contribution is -2.37. The van der Waals surface area contributed by atoms with Gasteiger partial charge in [-0.3, -0.25) is 9.10 Å². The molecule has 122 valence electrons. The number of aryl methyl sites for hydroxylation is 2. The van der Waals surface area contributed by atoms with Crippen LogP contribution in [0.1, 0.15) is 11.1 Å². The Labute approximate surface area is 137 Å². The summed E-state index contributed by atoms with van der Waals surface area (Å²) in [4.78, 5) is 12.2. The van der Waals surface area contributed by atoms with Crippen LogP contribution in [0.25, 0.3) is 0 Å². The molecule has 0 aromatic heterocycles. The van der Waals surface area contributed by atoms with Gasteiger partial charge in [-0.25, -0.2) is 8.42 Å². The van der Waals surface area contributed by atoms with Crippen molar-refractivity contribution in [2.45, 2.75) is 13.8 Å². The molecule has 0 bridgehead atoms.